The quantitative estimate of drug-likeness (QED) is 0.418. The molecule has 2 rings (SSSR count). The minimum absolute atomic E-state index is 0. The second-order valence-electron chi connectivity index (χ2n) is 2.68. The number of hydrogen-bond acceptors (Lipinski definition) is 2. The van der Waals surface area contributed by atoms with Crippen LogP contribution < -0.4 is 18.9 Å². The third-order valence-electron chi connectivity index (χ3n) is 1.73. The van der Waals surface area contributed by atoms with Crippen molar-refractivity contribution in [1.29, 1.82) is 0 Å². The zero-order valence-electron chi connectivity index (χ0n) is 7.74. The van der Waals surface area contributed by atoms with Gasteiger partial charge in [-0.1, -0.05) is 41.6 Å². The van der Waals surface area contributed by atoms with Crippen LogP contribution in [0.25, 0.3) is 11.3 Å². The summed E-state index contributed by atoms with van der Waals surface area (Å²) in [6.45, 7) is 2.05. The van der Waals surface area contributed by atoms with Gasteiger partial charge in [0.15, 0.2) is 0 Å². The van der Waals surface area contributed by atoms with Crippen molar-refractivity contribution in [2.45, 2.75) is 6.92 Å². The fourth-order valence-electron chi connectivity index (χ4n) is 1.04. The minimum Gasteiger partial charge on any atom is -0.573 e. The third-order valence-corrected chi connectivity index (χ3v) is 1.73. The van der Waals surface area contributed by atoms with E-state index in [0.717, 1.165) is 11.3 Å². The van der Waals surface area contributed by atoms with Gasteiger partial charge in [-0.25, -0.2) is 0 Å². The van der Waals surface area contributed by atoms with Gasteiger partial charge in [-0.3, -0.25) is 0 Å². The molecule has 2 nitrogen and oxygen atoms in total. The standard InChI is InChI=1S/C10H8NO.Li/c1-8-2-4-9(5-3-8)10-6-11-7-12-10;/h2-6H,1H3;/q-1;+1. The van der Waals surface area contributed by atoms with E-state index < -0.39 is 0 Å². The Morgan fingerprint density at radius 1 is 1.23 bits per heavy atom. The van der Waals surface area contributed by atoms with E-state index in [9.17, 15) is 0 Å². The number of nitrogens with zero attached hydrogens (tertiary/aromatic N) is 1. The van der Waals surface area contributed by atoms with Gasteiger partial charge < -0.3 is 9.40 Å². The SMILES string of the molecule is Cc1ccc(-c2cn[c-]o2)cc1.[Li+]. The summed E-state index contributed by atoms with van der Waals surface area (Å²) in [5.74, 6) is 0.759. The number of aryl methyl sites for hydroxylation is 1. The molecule has 0 N–H and O–H groups in total. The zero-order chi connectivity index (χ0) is 8.39. The number of aromatic nitrogens is 1. The molecule has 60 valence electrons. The molecule has 0 saturated heterocycles. The Hall–Kier alpha value is -0.973. The minimum atomic E-state index is 0. The predicted octanol–water partition coefficient (Wildman–Crippen LogP) is -0.546. The Bertz CT molecular complexity index is 353. The molecule has 0 bridgehead atoms. The number of hydrogen-bond donors (Lipinski definition) is 0. The first kappa shape index (κ1) is 10.1. The summed E-state index contributed by atoms with van der Waals surface area (Å²) in [7, 11) is 0. The van der Waals surface area contributed by atoms with Gasteiger partial charge in [0.05, 0.1) is 0 Å². The van der Waals surface area contributed by atoms with Crippen LogP contribution in [-0.4, -0.2) is 4.98 Å². The van der Waals surface area contributed by atoms with Crippen molar-refractivity contribution >= 4 is 0 Å². The first-order chi connectivity index (χ1) is 5.86. The molecule has 0 unspecified atom stereocenters. The van der Waals surface area contributed by atoms with Crippen LogP contribution in [-0.2, 0) is 0 Å². The molecule has 1 aromatic heterocycles. The molecule has 13 heavy (non-hydrogen) atoms. The molecule has 0 saturated carbocycles. The molecule has 1 aromatic carbocycles. The van der Waals surface area contributed by atoms with Gasteiger partial charge in [-0.05, 0) is 12.7 Å². The first-order valence-electron chi connectivity index (χ1n) is 3.75. The maximum Gasteiger partial charge on any atom is 1.00 e. The largest absolute Gasteiger partial charge is 1.00 e. The van der Waals surface area contributed by atoms with Gasteiger partial charge in [-0.15, -0.1) is 0 Å². The number of rotatable bonds is 1. The van der Waals surface area contributed by atoms with Crippen LogP contribution in [0.2, 0.25) is 0 Å². The van der Waals surface area contributed by atoms with Crippen LogP contribution >= 0.6 is 0 Å². The van der Waals surface area contributed by atoms with Crippen molar-refractivity contribution in [2.24, 2.45) is 0 Å². The second-order valence-corrected chi connectivity index (χ2v) is 2.68. The summed E-state index contributed by atoms with van der Waals surface area (Å²) < 4.78 is 5.02. The van der Waals surface area contributed by atoms with Crippen LogP contribution in [0, 0.1) is 13.3 Å². The summed E-state index contributed by atoms with van der Waals surface area (Å²) in [6, 6.07) is 8.09. The fraction of sp³-hybridized carbons (Fsp3) is 0.100. The van der Waals surface area contributed by atoms with Crippen molar-refractivity contribution < 1.29 is 23.3 Å². The van der Waals surface area contributed by atoms with E-state index in [4.69, 9.17) is 4.42 Å². The monoisotopic (exact) mass is 165 g/mol. The molecule has 2 aromatic rings. The Balaban J connectivity index is 0.000000845. The first-order valence-corrected chi connectivity index (χ1v) is 3.75. The summed E-state index contributed by atoms with van der Waals surface area (Å²) in [5.41, 5.74) is 2.27. The van der Waals surface area contributed by atoms with Gasteiger partial charge in [-0.2, -0.15) is 0 Å². The Morgan fingerprint density at radius 2 is 1.92 bits per heavy atom. The van der Waals surface area contributed by atoms with Crippen molar-refractivity contribution in [2.75, 3.05) is 0 Å². The Labute approximate surface area is 89.2 Å². The molecule has 1 heterocycles. The Kier molecular flexibility index (Phi) is 3.36. The predicted molar refractivity (Wildman–Crippen MR) is 45.5 cm³/mol. The summed E-state index contributed by atoms with van der Waals surface area (Å²) >= 11 is 0. The smallest absolute Gasteiger partial charge is 0.573 e. The molecular formula is C10H8LiNO. The van der Waals surface area contributed by atoms with E-state index in [1.54, 1.807) is 6.20 Å². The maximum absolute atomic E-state index is 5.02. The van der Waals surface area contributed by atoms with Crippen LogP contribution in [0.15, 0.2) is 34.9 Å². The average molecular weight is 165 g/mol. The topological polar surface area (TPSA) is 26.0 Å². The van der Waals surface area contributed by atoms with Crippen LogP contribution in [0.3, 0.4) is 0 Å². The third kappa shape index (κ3) is 2.24. The molecule has 0 spiro atoms. The molecule has 0 aliphatic rings. The van der Waals surface area contributed by atoms with E-state index in [1.165, 1.54) is 5.56 Å². The fourth-order valence-corrected chi connectivity index (χ4v) is 1.04. The molecule has 3 heteroatoms. The molecule has 0 radical (unpaired) electrons. The van der Waals surface area contributed by atoms with E-state index in [-0.39, 0.29) is 18.9 Å². The van der Waals surface area contributed by atoms with Gasteiger partial charge in [0.1, 0.15) is 6.39 Å². The van der Waals surface area contributed by atoms with Crippen molar-refractivity contribution in [1.82, 2.24) is 4.98 Å². The van der Waals surface area contributed by atoms with E-state index in [0.29, 0.717) is 0 Å². The van der Waals surface area contributed by atoms with E-state index >= 15 is 0 Å². The second kappa shape index (κ2) is 4.32. The molecule has 0 atom stereocenters. The summed E-state index contributed by atoms with van der Waals surface area (Å²) in [4.78, 5) is 3.73. The summed E-state index contributed by atoms with van der Waals surface area (Å²) in [6.07, 6.45) is 4.08. The molecular weight excluding hydrogens is 157 g/mol. The molecule has 0 aliphatic heterocycles. The van der Waals surface area contributed by atoms with Crippen molar-refractivity contribution in [3.05, 3.63) is 42.4 Å². The Morgan fingerprint density at radius 3 is 2.46 bits per heavy atom. The number of oxazole rings is 1. The van der Waals surface area contributed by atoms with Crippen LogP contribution in [0.5, 0.6) is 0 Å². The number of benzene rings is 1. The molecule has 0 fully saturated rings. The van der Waals surface area contributed by atoms with Crippen LogP contribution in [0.4, 0.5) is 0 Å². The molecule has 0 amide bonds. The van der Waals surface area contributed by atoms with E-state index in [2.05, 4.69) is 18.3 Å². The van der Waals surface area contributed by atoms with Gasteiger partial charge in [0, 0.05) is 0 Å². The summed E-state index contributed by atoms with van der Waals surface area (Å²) in [5, 5.41) is 0. The zero-order valence-corrected chi connectivity index (χ0v) is 7.74. The van der Waals surface area contributed by atoms with Crippen molar-refractivity contribution in [3.8, 4) is 11.3 Å². The molecule has 0 aliphatic carbocycles. The maximum atomic E-state index is 5.02. The van der Waals surface area contributed by atoms with Crippen molar-refractivity contribution in [3.63, 3.8) is 0 Å². The van der Waals surface area contributed by atoms with Gasteiger partial charge in [0.2, 0.25) is 0 Å². The van der Waals surface area contributed by atoms with Crippen LogP contribution in [0.1, 0.15) is 5.56 Å². The van der Waals surface area contributed by atoms with Gasteiger partial charge in [0.25, 0.3) is 0 Å². The van der Waals surface area contributed by atoms with Gasteiger partial charge >= 0.3 is 18.9 Å². The average Bonchev–Trinajstić information content (AvgIpc) is 2.58. The normalized spacial score (nSPS) is 9.31. The van der Waals surface area contributed by atoms with E-state index in [1.807, 2.05) is 24.3 Å².